The Kier molecular flexibility index (Phi) is 4.77. The summed E-state index contributed by atoms with van der Waals surface area (Å²) >= 11 is 3.31. The van der Waals surface area contributed by atoms with E-state index in [1.165, 1.54) is 7.11 Å². The molecule has 6 heteroatoms. The van der Waals surface area contributed by atoms with Crippen LogP contribution in [-0.2, 0) is 9.59 Å². The van der Waals surface area contributed by atoms with Gasteiger partial charge in [-0.05, 0) is 40.0 Å². The Hall–Kier alpha value is -1.69. The second-order valence-electron chi connectivity index (χ2n) is 5.16. The minimum Gasteiger partial charge on any atom is -0.496 e. The molecule has 0 atom stereocenters. The molecule has 1 aromatic rings. The van der Waals surface area contributed by atoms with Gasteiger partial charge in [-0.25, -0.2) is 0 Å². The molecule has 1 aromatic carbocycles. The molecule has 1 aliphatic rings. The quantitative estimate of drug-likeness (QED) is 0.615. The van der Waals surface area contributed by atoms with Crippen LogP contribution in [0.5, 0.6) is 5.75 Å². The summed E-state index contributed by atoms with van der Waals surface area (Å²) in [6, 6.07) is 4.91. The van der Waals surface area contributed by atoms with Gasteiger partial charge in [0.1, 0.15) is 5.75 Å². The molecule has 0 N–H and O–H groups in total. The molecule has 0 aromatic heterocycles. The monoisotopic (exact) mass is 353 g/mol. The molecule has 1 saturated heterocycles. The van der Waals surface area contributed by atoms with Gasteiger partial charge < -0.3 is 4.74 Å². The lowest BCUT2D eigenvalue weighted by Crippen LogP contribution is -2.45. The zero-order valence-electron chi connectivity index (χ0n) is 11.9. The van der Waals surface area contributed by atoms with E-state index in [9.17, 15) is 14.4 Å². The van der Waals surface area contributed by atoms with E-state index in [1.807, 2.05) is 6.92 Å². The molecule has 0 aliphatic carbocycles. The smallest absolute Gasteiger partial charge is 0.229 e. The highest BCUT2D eigenvalue weighted by atomic mass is 79.9. The van der Waals surface area contributed by atoms with Gasteiger partial charge in [-0.2, -0.15) is 0 Å². The van der Waals surface area contributed by atoms with Crippen LogP contribution in [0.2, 0.25) is 0 Å². The number of amides is 2. The summed E-state index contributed by atoms with van der Waals surface area (Å²) in [7, 11) is 1.54. The number of benzene rings is 1. The molecule has 2 amide bonds. The van der Waals surface area contributed by atoms with E-state index in [2.05, 4.69) is 15.9 Å². The van der Waals surface area contributed by atoms with Crippen molar-refractivity contribution in [2.75, 3.05) is 13.7 Å². The van der Waals surface area contributed by atoms with Crippen molar-refractivity contribution >= 4 is 33.5 Å². The fourth-order valence-corrected chi connectivity index (χ4v) is 2.82. The van der Waals surface area contributed by atoms with Crippen LogP contribution in [0, 0.1) is 5.92 Å². The molecule has 0 bridgehead atoms. The number of ether oxygens (including phenoxy) is 1. The van der Waals surface area contributed by atoms with Crippen molar-refractivity contribution in [3.05, 3.63) is 28.2 Å². The standard InChI is InChI=1S/C15H16BrNO4/c1-9-5-14(19)17(15(20)6-9)8-12(18)10-3-4-13(21-2)11(16)7-10/h3-4,7,9H,5-6,8H2,1-2H3. The van der Waals surface area contributed by atoms with Crippen LogP contribution in [0.1, 0.15) is 30.1 Å². The summed E-state index contributed by atoms with van der Waals surface area (Å²) in [6.45, 7) is 1.65. The Bertz CT molecular complexity index is 581. The predicted molar refractivity (Wildman–Crippen MR) is 80.1 cm³/mol. The van der Waals surface area contributed by atoms with Gasteiger partial charge in [-0.15, -0.1) is 0 Å². The number of carbonyl (C=O) groups is 3. The van der Waals surface area contributed by atoms with Crippen molar-refractivity contribution in [1.29, 1.82) is 0 Å². The first-order valence-electron chi connectivity index (χ1n) is 6.62. The average Bonchev–Trinajstić information content (AvgIpc) is 2.42. The first-order valence-corrected chi connectivity index (χ1v) is 7.41. The van der Waals surface area contributed by atoms with Gasteiger partial charge in [0.15, 0.2) is 5.78 Å². The van der Waals surface area contributed by atoms with E-state index in [1.54, 1.807) is 18.2 Å². The lowest BCUT2D eigenvalue weighted by molar-refractivity contribution is -0.149. The molecule has 1 aliphatic heterocycles. The van der Waals surface area contributed by atoms with Crippen LogP contribution in [0.4, 0.5) is 0 Å². The summed E-state index contributed by atoms with van der Waals surface area (Å²) < 4.78 is 5.75. The highest BCUT2D eigenvalue weighted by molar-refractivity contribution is 9.10. The zero-order chi connectivity index (χ0) is 15.6. The average molecular weight is 354 g/mol. The predicted octanol–water partition coefficient (Wildman–Crippen LogP) is 2.43. The number of hydrogen-bond acceptors (Lipinski definition) is 4. The third-order valence-corrected chi connectivity index (χ3v) is 4.04. The Balaban J connectivity index is 2.12. The zero-order valence-corrected chi connectivity index (χ0v) is 13.5. The Morgan fingerprint density at radius 2 is 1.95 bits per heavy atom. The summed E-state index contributed by atoms with van der Waals surface area (Å²) in [6.07, 6.45) is 0.622. The molecular weight excluding hydrogens is 338 g/mol. The molecule has 5 nitrogen and oxygen atoms in total. The first kappa shape index (κ1) is 15.7. The maximum absolute atomic E-state index is 12.2. The van der Waals surface area contributed by atoms with Gasteiger partial charge in [0.05, 0.1) is 18.1 Å². The molecule has 1 fully saturated rings. The number of rotatable bonds is 4. The van der Waals surface area contributed by atoms with Gasteiger partial charge >= 0.3 is 0 Å². The highest BCUT2D eigenvalue weighted by Gasteiger charge is 2.31. The van der Waals surface area contributed by atoms with Crippen molar-refractivity contribution in [3.8, 4) is 5.75 Å². The van der Waals surface area contributed by atoms with Crippen LogP contribution in [0.25, 0.3) is 0 Å². The van der Waals surface area contributed by atoms with Crippen molar-refractivity contribution in [1.82, 2.24) is 4.90 Å². The highest BCUT2D eigenvalue weighted by Crippen LogP contribution is 2.26. The van der Waals surface area contributed by atoms with Gasteiger partial charge in [0.2, 0.25) is 11.8 Å². The number of hydrogen-bond donors (Lipinski definition) is 0. The van der Waals surface area contributed by atoms with Gasteiger partial charge in [0.25, 0.3) is 0 Å². The number of carbonyl (C=O) groups excluding carboxylic acids is 3. The third-order valence-electron chi connectivity index (χ3n) is 3.42. The van der Waals surface area contributed by atoms with Gasteiger partial charge in [-0.1, -0.05) is 6.92 Å². The summed E-state index contributed by atoms with van der Waals surface area (Å²) in [5.41, 5.74) is 0.432. The molecule has 0 unspecified atom stereocenters. The minimum atomic E-state index is -0.278. The Labute approximate surface area is 131 Å². The second-order valence-corrected chi connectivity index (χ2v) is 6.01. The van der Waals surface area contributed by atoms with Crippen LogP contribution >= 0.6 is 15.9 Å². The number of halogens is 1. The second kappa shape index (κ2) is 6.39. The Morgan fingerprint density at radius 1 is 1.33 bits per heavy atom. The molecule has 2 rings (SSSR count). The van der Waals surface area contributed by atoms with Crippen LogP contribution in [0.3, 0.4) is 0 Å². The van der Waals surface area contributed by atoms with E-state index < -0.39 is 0 Å². The molecular formula is C15H16BrNO4. The van der Waals surface area contributed by atoms with E-state index in [-0.39, 0.29) is 30.1 Å². The normalized spacial score (nSPS) is 16.2. The van der Waals surface area contributed by atoms with Crippen LogP contribution < -0.4 is 4.74 Å². The van der Waals surface area contributed by atoms with Crippen molar-refractivity contribution < 1.29 is 19.1 Å². The third kappa shape index (κ3) is 3.50. The molecule has 112 valence electrons. The first-order chi connectivity index (χ1) is 9.92. The number of nitrogens with zero attached hydrogens (tertiary/aromatic N) is 1. The van der Waals surface area contributed by atoms with Crippen LogP contribution in [-0.4, -0.2) is 36.2 Å². The topological polar surface area (TPSA) is 63.7 Å². The number of likely N-dealkylation sites (tertiary alicyclic amines) is 1. The molecule has 0 spiro atoms. The number of piperidine rings is 1. The Morgan fingerprint density at radius 3 is 2.48 bits per heavy atom. The minimum absolute atomic E-state index is 0.0477. The fourth-order valence-electron chi connectivity index (χ4n) is 2.28. The van der Waals surface area contributed by atoms with Crippen molar-refractivity contribution in [2.24, 2.45) is 5.92 Å². The maximum Gasteiger partial charge on any atom is 0.229 e. The molecule has 21 heavy (non-hydrogen) atoms. The van der Waals surface area contributed by atoms with E-state index in [0.29, 0.717) is 28.6 Å². The van der Waals surface area contributed by atoms with E-state index in [4.69, 9.17) is 4.74 Å². The van der Waals surface area contributed by atoms with Gasteiger partial charge in [0, 0.05) is 18.4 Å². The SMILES string of the molecule is COc1ccc(C(=O)CN2C(=O)CC(C)CC2=O)cc1Br. The van der Waals surface area contributed by atoms with Crippen molar-refractivity contribution in [3.63, 3.8) is 0 Å². The fraction of sp³-hybridized carbons (Fsp3) is 0.400. The lowest BCUT2D eigenvalue weighted by atomic mass is 9.97. The summed E-state index contributed by atoms with van der Waals surface area (Å²) in [4.78, 5) is 37.0. The number of imide groups is 1. The molecule has 0 saturated carbocycles. The van der Waals surface area contributed by atoms with E-state index >= 15 is 0 Å². The number of methoxy groups -OCH3 is 1. The maximum atomic E-state index is 12.2. The lowest BCUT2D eigenvalue weighted by Gasteiger charge is -2.27. The van der Waals surface area contributed by atoms with Crippen LogP contribution in [0.15, 0.2) is 22.7 Å². The summed E-state index contributed by atoms with van der Waals surface area (Å²) in [5.74, 6) is -0.161. The van der Waals surface area contributed by atoms with Gasteiger partial charge in [-0.3, -0.25) is 19.3 Å². The molecule has 0 radical (unpaired) electrons. The number of ketones is 1. The summed E-state index contributed by atoms with van der Waals surface area (Å²) in [5, 5.41) is 0. The number of Topliss-reactive ketones (excluding diaryl/α,β-unsaturated/α-hetero) is 1. The van der Waals surface area contributed by atoms with E-state index in [0.717, 1.165) is 4.90 Å². The largest absolute Gasteiger partial charge is 0.496 e. The van der Waals surface area contributed by atoms with Crippen molar-refractivity contribution in [2.45, 2.75) is 19.8 Å². The molecule has 1 heterocycles.